The average molecular weight is 469 g/mol. The number of esters is 1. The molecule has 32 heavy (non-hydrogen) atoms. The van der Waals surface area contributed by atoms with Crippen LogP contribution in [0.1, 0.15) is 26.2 Å². The minimum absolute atomic E-state index is 0.00125. The van der Waals surface area contributed by atoms with Gasteiger partial charge in [-0.05, 0) is 6.42 Å². The van der Waals surface area contributed by atoms with Crippen LogP contribution >= 0.6 is 0 Å². The molecule has 11 heteroatoms. The average Bonchev–Trinajstić information content (AvgIpc) is 2.76. The van der Waals surface area contributed by atoms with Gasteiger partial charge in [-0.2, -0.15) is 0 Å². The molecule has 0 aliphatic carbocycles. The lowest BCUT2D eigenvalue weighted by Crippen LogP contribution is -2.15. The van der Waals surface area contributed by atoms with Gasteiger partial charge in [-0.1, -0.05) is 6.92 Å². The molecule has 0 saturated carbocycles. The van der Waals surface area contributed by atoms with Crippen molar-refractivity contribution in [1.29, 1.82) is 0 Å². The highest BCUT2D eigenvalue weighted by Crippen LogP contribution is 1.91. The van der Waals surface area contributed by atoms with Crippen LogP contribution in [0, 0.1) is 0 Å². The molecule has 0 saturated heterocycles. The first kappa shape index (κ1) is 30.7. The molecule has 0 rings (SSSR count). The molecule has 0 radical (unpaired) electrons. The van der Waals surface area contributed by atoms with E-state index in [4.69, 9.17) is 43.0 Å². The van der Waals surface area contributed by atoms with E-state index in [0.29, 0.717) is 92.3 Å². The molecule has 11 nitrogen and oxygen atoms in total. The summed E-state index contributed by atoms with van der Waals surface area (Å²) < 4.78 is 42.1. The number of hydrogen-bond acceptors (Lipinski definition) is 10. The summed E-state index contributed by atoms with van der Waals surface area (Å²) in [6.45, 7) is 8.21. The van der Waals surface area contributed by atoms with Crippen molar-refractivity contribution < 1.29 is 52.6 Å². The van der Waals surface area contributed by atoms with Crippen LogP contribution in [0.25, 0.3) is 0 Å². The van der Waals surface area contributed by atoms with Crippen LogP contribution < -0.4 is 0 Å². The molecule has 0 aliphatic rings. The number of carbonyl (C=O) groups excluding carboxylic acids is 1. The molecule has 0 aromatic carbocycles. The van der Waals surface area contributed by atoms with Crippen molar-refractivity contribution in [2.45, 2.75) is 26.2 Å². The second-order valence-corrected chi connectivity index (χ2v) is 6.40. The third-order valence-electron chi connectivity index (χ3n) is 3.64. The minimum atomic E-state index is -0.875. The Hall–Kier alpha value is -1.34. The smallest absolute Gasteiger partial charge is 0.305 e. The van der Waals surface area contributed by atoms with Gasteiger partial charge >= 0.3 is 11.9 Å². The Bertz CT molecular complexity index is 421. The van der Waals surface area contributed by atoms with Crippen molar-refractivity contribution in [3.63, 3.8) is 0 Å². The van der Waals surface area contributed by atoms with Crippen LogP contribution in [0.4, 0.5) is 0 Å². The maximum absolute atomic E-state index is 11.1. The third-order valence-corrected chi connectivity index (χ3v) is 3.64. The van der Waals surface area contributed by atoms with E-state index in [-0.39, 0.29) is 25.6 Å². The fraction of sp³-hybridized carbons (Fsp3) is 0.905. The lowest BCUT2D eigenvalue weighted by Gasteiger charge is -2.08. The molecule has 0 aliphatic heterocycles. The van der Waals surface area contributed by atoms with Gasteiger partial charge in [0.25, 0.3) is 0 Å². The molecule has 0 atom stereocenters. The Kier molecular flexibility index (Phi) is 24.8. The topological polar surface area (TPSA) is 128 Å². The van der Waals surface area contributed by atoms with E-state index in [1.165, 1.54) is 0 Å². The molecule has 0 aromatic rings. The van der Waals surface area contributed by atoms with Gasteiger partial charge in [0.1, 0.15) is 6.61 Å². The van der Waals surface area contributed by atoms with Gasteiger partial charge in [0.15, 0.2) is 0 Å². The molecule has 0 unspecified atom stereocenters. The predicted molar refractivity (Wildman–Crippen MR) is 114 cm³/mol. The minimum Gasteiger partial charge on any atom is -0.481 e. The molecular weight excluding hydrogens is 428 g/mol. The Morgan fingerprint density at radius 3 is 1.12 bits per heavy atom. The van der Waals surface area contributed by atoms with E-state index < -0.39 is 5.97 Å². The zero-order chi connectivity index (χ0) is 23.5. The van der Waals surface area contributed by atoms with Crippen molar-refractivity contribution in [2.24, 2.45) is 0 Å². The summed E-state index contributed by atoms with van der Waals surface area (Å²) in [6, 6.07) is 0. The molecule has 0 spiro atoms. The summed E-state index contributed by atoms with van der Waals surface area (Å²) in [6.07, 6.45) is 1.22. The standard InChI is InChI=1S/C21H40O11/c1-2-3-21(24)32-19-18-31-17-16-30-15-14-29-13-12-28-11-10-27-9-8-26-7-6-25-5-4-20(22)23/h2-19H2,1H3,(H,22,23). The van der Waals surface area contributed by atoms with Crippen molar-refractivity contribution in [3.05, 3.63) is 0 Å². The fourth-order valence-corrected chi connectivity index (χ4v) is 2.07. The third kappa shape index (κ3) is 26.7. The Morgan fingerprint density at radius 1 is 0.500 bits per heavy atom. The lowest BCUT2D eigenvalue weighted by atomic mass is 10.3. The zero-order valence-electron chi connectivity index (χ0n) is 19.3. The van der Waals surface area contributed by atoms with E-state index >= 15 is 0 Å². The monoisotopic (exact) mass is 468 g/mol. The molecule has 0 bridgehead atoms. The fourth-order valence-electron chi connectivity index (χ4n) is 2.07. The maximum atomic E-state index is 11.1. The molecule has 0 heterocycles. The molecule has 0 fully saturated rings. The largest absolute Gasteiger partial charge is 0.481 e. The summed E-state index contributed by atoms with van der Waals surface area (Å²) in [5.74, 6) is -1.07. The summed E-state index contributed by atoms with van der Waals surface area (Å²) >= 11 is 0. The summed E-state index contributed by atoms with van der Waals surface area (Å²) in [5, 5.41) is 8.44. The first-order valence-electron chi connectivity index (χ1n) is 11.1. The van der Waals surface area contributed by atoms with Gasteiger partial charge < -0.3 is 43.0 Å². The second kappa shape index (κ2) is 25.9. The summed E-state index contributed by atoms with van der Waals surface area (Å²) in [7, 11) is 0. The van der Waals surface area contributed by atoms with Crippen molar-refractivity contribution in [2.75, 3.05) is 99.1 Å². The van der Waals surface area contributed by atoms with Crippen molar-refractivity contribution in [3.8, 4) is 0 Å². The first-order valence-corrected chi connectivity index (χ1v) is 11.1. The van der Waals surface area contributed by atoms with Crippen LogP contribution in [0.15, 0.2) is 0 Å². The predicted octanol–water partition coefficient (Wildman–Crippen LogP) is 0.921. The number of carbonyl (C=O) groups is 2. The number of hydrogen-bond donors (Lipinski definition) is 1. The van der Waals surface area contributed by atoms with E-state index in [2.05, 4.69) is 0 Å². The maximum Gasteiger partial charge on any atom is 0.305 e. The van der Waals surface area contributed by atoms with E-state index in [0.717, 1.165) is 6.42 Å². The van der Waals surface area contributed by atoms with Gasteiger partial charge in [0.05, 0.1) is 98.9 Å². The van der Waals surface area contributed by atoms with E-state index in [1.807, 2.05) is 6.92 Å². The number of rotatable bonds is 26. The van der Waals surface area contributed by atoms with Crippen LogP contribution in [-0.4, -0.2) is 116 Å². The Balaban J connectivity index is 3.05. The first-order chi connectivity index (χ1) is 15.7. The number of ether oxygens (including phenoxy) is 8. The molecular formula is C21H40O11. The highest BCUT2D eigenvalue weighted by Gasteiger charge is 2.00. The van der Waals surface area contributed by atoms with Gasteiger partial charge in [0, 0.05) is 6.42 Å². The van der Waals surface area contributed by atoms with Gasteiger partial charge in [-0.25, -0.2) is 0 Å². The Morgan fingerprint density at radius 2 is 0.812 bits per heavy atom. The number of carboxylic acids is 1. The van der Waals surface area contributed by atoms with Crippen molar-refractivity contribution in [1.82, 2.24) is 0 Å². The van der Waals surface area contributed by atoms with Crippen LogP contribution in [-0.2, 0) is 47.5 Å². The van der Waals surface area contributed by atoms with Crippen LogP contribution in [0.2, 0.25) is 0 Å². The van der Waals surface area contributed by atoms with Gasteiger partial charge in [-0.3, -0.25) is 9.59 Å². The van der Waals surface area contributed by atoms with Gasteiger partial charge in [0.2, 0.25) is 0 Å². The molecule has 190 valence electrons. The second-order valence-electron chi connectivity index (χ2n) is 6.40. The highest BCUT2D eigenvalue weighted by atomic mass is 16.6. The van der Waals surface area contributed by atoms with Crippen LogP contribution in [0.3, 0.4) is 0 Å². The zero-order valence-corrected chi connectivity index (χ0v) is 19.3. The van der Waals surface area contributed by atoms with E-state index in [9.17, 15) is 9.59 Å². The number of aliphatic carboxylic acids is 1. The molecule has 0 aromatic heterocycles. The van der Waals surface area contributed by atoms with Crippen molar-refractivity contribution >= 4 is 11.9 Å². The number of carboxylic acid groups (broad SMARTS) is 1. The van der Waals surface area contributed by atoms with Gasteiger partial charge in [-0.15, -0.1) is 0 Å². The molecule has 0 amide bonds. The quantitative estimate of drug-likeness (QED) is 0.144. The highest BCUT2D eigenvalue weighted by molar-refractivity contribution is 5.69. The van der Waals surface area contributed by atoms with Crippen LogP contribution in [0.5, 0.6) is 0 Å². The normalized spacial score (nSPS) is 11.0. The summed E-state index contributed by atoms with van der Waals surface area (Å²) in [5.41, 5.74) is 0. The molecule has 1 N–H and O–H groups in total. The Labute approximate surface area is 190 Å². The SMILES string of the molecule is CCCC(=O)OCCOCCOCCOCCOCCOCCOCCOCCC(=O)O. The van der Waals surface area contributed by atoms with E-state index in [1.54, 1.807) is 0 Å². The lowest BCUT2D eigenvalue weighted by molar-refractivity contribution is -0.145. The summed E-state index contributed by atoms with van der Waals surface area (Å²) in [4.78, 5) is 21.4.